The standard InChI is InChI=1S/C25H31N7O2/c1-2-18-12-22-23(30-24(18)33)11-17(13-27-22)16-31-7-9-32(10-8-31)20-3-4-21(28-15-20)25(34)29-19-5-6-26-14-19/h3-4,11-13,15,19,26H,2,5-10,14,16H2,1H3,(H,29,34)(H,30,33)/t19-/m0/s1. The Morgan fingerprint density at radius 1 is 1.15 bits per heavy atom. The predicted molar refractivity (Wildman–Crippen MR) is 132 cm³/mol. The van der Waals surface area contributed by atoms with Gasteiger partial charge in [0.2, 0.25) is 0 Å². The van der Waals surface area contributed by atoms with E-state index in [9.17, 15) is 9.59 Å². The van der Waals surface area contributed by atoms with Crippen LogP contribution in [0.15, 0.2) is 41.5 Å². The van der Waals surface area contributed by atoms with Gasteiger partial charge in [-0.2, -0.15) is 0 Å². The normalized spacial score (nSPS) is 19.0. The van der Waals surface area contributed by atoms with Crippen LogP contribution in [0, 0.1) is 0 Å². The Hall–Kier alpha value is -3.30. The molecule has 0 spiro atoms. The molecule has 9 heteroatoms. The molecule has 3 N–H and O–H groups in total. The number of rotatable bonds is 6. The summed E-state index contributed by atoms with van der Waals surface area (Å²) in [4.78, 5) is 41.2. The zero-order valence-corrected chi connectivity index (χ0v) is 19.5. The number of hydrogen-bond donors (Lipinski definition) is 3. The number of aromatic amines is 1. The van der Waals surface area contributed by atoms with Crippen molar-refractivity contribution < 1.29 is 4.79 Å². The van der Waals surface area contributed by atoms with E-state index in [1.807, 2.05) is 37.4 Å². The fraction of sp³-hybridized carbons (Fsp3) is 0.440. The first-order chi connectivity index (χ1) is 16.6. The van der Waals surface area contributed by atoms with Crippen LogP contribution in [-0.4, -0.2) is 71.1 Å². The van der Waals surface area contributed by atoms with Gasteiger partial charge in [0, 0.05) is 57.1 Å². The van der Waals surface area contributed by atoms with Crippen molar-refractivity contribution in [3.05, 3.63) is 63.8 Å². The van der Waals surface area contributed by atoms with Gasteiger partial charge >= 0.3 is 0 Å². The summed E-state index contributed by atoms with van der Waals surface area (Å²) in [6, 6.07) is 7.90. The van der Waals surface area contributed by atoms with Gasteiger partial charge in [0.15, 0.2) is 0 Å². The SMILES string of the molecule is CCc1cc2ncc(CN3CCN(c4ccc(C(=O)N[C@H]5CCNC5)nc4)CC3)cc2[nH]c1=O. The van der Waals surface area contributed by atoms with Gasteiger partial charge in [-0.25, -0.2) is 4.98 Å². The summed E-state index contributed by atoms with van der Waals surface area (Å²) in [5.74, 6) is -0.110. The average molecular weight is 462 g/mol. The minimum atomic E-state index is -0.110. The van der Waals surface area contributed by atoms with Crippen LogP contribution in [0.4, 0.5) is 5.69 Å². The van der Waals surface area contributed by atoms with E-state index in [0.29, 0.717) is 12.1 Å². The first kappa shape index (κ1) is 22.5. The number of hydrogen-bond acceptors (Lipinski definition) is 7. The van der Waals surface area contributed by atoms with Gasteiger partial charge in [-0.15, -0.1) is 0 Å². The molecule has 1 atom stereocenters. The Kier molecular flexibility index (Phi) is 6.55. The van der Waals surface area contributed by atoms with E-state index >= 15 is 0 Å². The monoisotopic (exact) mass is 461 g/mol. The number of pyridine rings is 3. The lowest BCUT2D eigenvalue weighted by Crippen LogP contribution is -2.46. The number of carbonyl (C=O) groups excluding carboxylic acids is 1. The minimum absolute atomic E-state index is 0.0322. The van der Waals surface area contributed by atoms with E-state index in [1.165, 1.54) is 0 Å². The maximum atomic E-state index is 12.4. The van der Waals surface area contributed by atoms with Gasteiger partial charge < -0.3 is 20.5 Å². The number of piperazine rings is 1. The molecule has 5 heterocycles. The minimum Gasteiger partial charge on any atom is -0.368 e. The van der Waals surface area contributed by atoms with Gasteiger partial charge in [-0.1, -0.05) is 6.92 Å². The Labute approximate surface area is 198 Å². The van der Waals surface area contributed by atoms with Gasteiger partial charge in [0.1, 0.15) is 5.69 Å². The highest BCUT2D eigenvalue weighted by atomic mass is 16.2. The molecule has 0 aromatic carbocycles. The Morgan fingerprint density at radius 2 is 2.00 bits per heavy atom. The van der Waals surface area contributed by atoms with Gasteiger partial charge in [0.05, 0.1) is 22.9 Å². The highest BCUT2D eigenvalue weighted by Crippen LogP contribution is 2.18. The van der Waals surface area contributed by atoms with Crippen LogP contribution in [0.5, 0.6) is 0 Å². The maximum Gasteiger partial charge on any atom is 0.270 e. The molecule has 0 saturated carbocycles. The maximum absolute atomic E-state index is 12.4. The molecule has 3 aromatic heterocycles. The molecule has 0 unspecified atom stereocenters. The summed E-state index contributed by atoms with van der Waals surface area (Å²) in [7, 11) is 0. The van der Waals surface area contributed by atoms with Gasteiger partial charge in [-0.05, 0) is 49.2 Å². The lowest BCUT2D eigenvalue weighted by Gasteiger charge is -2.36. The number of carbonyl (C=O) groups is 1. The summed E-state index contributed by atoms with van der Waals surface area (Å²) < 4.78 is 0. The molecule has 0 bridgehead atoms. The van der Waals surface area contributed by atoms with E-state index in [1.54, 1.807) is 6.20 Å². The summed E-state index contributed by atoms with van der Waals surface area (Å²) in [5.41, 5.74) is 4.94. The fourth-order valence-electron chi connectivity index (χ4n) is 4.68. The highest BCUT2D eigenvalue weighted by molar-refractivity contribution is 5.92. The van der Waals surface area contributed by atoms with Crippen molar-refractivity contribution in [1.82, 2.24) is 30.5 Å². The number of aromatic nitrogens is 3. The number of nitrogens with one attached hydrogen (secondary N) is 3. The topological polar surface area (TPSA) is 106 Å². The second kappa shape index (κ2) is 9.90. The van der Waals surface area contributed by atoms with Crippen molar-refractivity contribution in [3.8, 4) is 0 Å². The number of nitrogens with zero attached hydrogens (tertiary/aromatic N) is 4. The first-order valence-corrected chi connectivity index (χ1v) is 12.0. The molecule has 2 aliphatic rings. The average Bonchev–Trinajstić information content (AvgIpc) is 3.37. The molecule has 2 fully saturated rings. The number of fused-ring (bicyclic) bond motifs is 1. The molecule has 1 amide bonds. The summed E-state index contributed by atoms with van der Waals surface area (Å²) >= 11 is 0. The second-order valence-electron chi connectivity index (χ2n) is 9.08. The molecule has 5 rings (SSSR count). The molecule has 34 heavy (non-hydrogen) atoms. The number of amides is 1. The second-order valence-corrected chi connectivity index (χ2v) is 9.08. The van der Waals surface area contributed by atoms with Crippen LogP contribution in [0.1, 0.15) is 35.0 Å². The van der Waals surface area contributed by atoms with Crippen LogP contribution in [0.2, 0.25) is 0 Å². The summed E-state index contributed by atoms with van der Waals surface area (Å²) in [5, 5.41) is 6.28. The molecule has 0 aliphatic carbocycles. The third-order valence-corrected chi connectivity index (χ3v) is 6.73. The summed E-state index contributed by atoms with van der Waals surface area (Å²) in [6.07, 6.45) is 5.36. The lowest BCUT2D eigenvalue weighted by molar-refractivity contribution is 0.0935. The van der Waals surface area contributed by atoms with Crippen molar-refractivity contribution in [2.45, 2.75) is 32.4 Å². The van der Waals surface area contributed by atoms with Crippen LogP contribution in [0.25, 0.3) is 11.0 Å². The highest BCUT2D eigenvalue weighted by Gasteiger charge is 2.20. The summed E-state index contributed by atoms with van der Waals surface area (Å²) in [6.45, 7) is 8.14. The fourth-order valence-corrected chi connectivity index (χ4v) is 4.68. The number of aryl methyl sites for hydroxylation is 1. The van der Waals surface area contributed by atoms with Crippen molar-refractivity contribution >= 4 is 22.6 Å². The lowest BCUT2D eigenvalue weighted by atomic mass is 10.1. The van der Waals surface area contributed by atoms with E-state index in [4.69, 9.17) is 0 Å². The van der Waals surface area contributed by atoms with Crippen LogP contribution in [0.3, 0.4) is 0 Å². The molecule has 9 nitrogen and oxygen atoms in total. The molecule has 178 valence electrons. The Balaban J connectivity index is 1.16. The zero-order chi connectivity index (χ0) is 23.5. The quantitative estimate of drug-likeness (QED) is 0.508. The Bertz CT molecular complexity index is 1210. The molecular formula is C25H31N7O2. The van der Waals surface area contributed by atoms with E-state index < -0.39 is 0 Å². The van der Waals surface area contributed by atoms with Crippen molar-refractivity contribution in [2.24, 2.45) is 0 Å². The smallest absolute Gasteiger partial charge is 0.270 e. The van der Waals surface area contributed by atoms with Crippen molar-refractivity contribution in [2.75, 3.05) is 44.2 Å². The van der Waals surface area contributed by atoms with E-state index in [0.717, 1.165) is 80.1 Å². The Morgan fingerprint density at radius 3 is 2.71 bits per heavy atom. The number of anilines is 1. The predicted octanol–water partition coefficient (Wildman–Crippen LogP) is 1.29. The van der Waals surface area contributed by atoms with Crippen LogP contribution < -0.4 is 21.1 Å². The third kappa shape index (κ3) is 4.95. The van der Waals surface area contributed by atoms with E-state index in [-0.39, 0.29) is 17.5 Å². The van der Waals surface area contributed by atoms with Crippen molar-refractivity contribution in [3.63, 3.8) is 0 Å². The van der Waals surface area contributed by atoms with Crippen LogP contribution >= 0.6 is 0 Å². The first-order valence-electron chi connectivity index (χ1n) is 12.0. The molecular weight excluding hydrogens is 430 g/mol. The zero-order valence-electron chi connectivity index (χ0n) is 19.5. The van der Waals surface area contributed by atoms with Crippen LogP contribution in [-0.2, 0) is 13.0 Å². The molecule has 2 saturated heterocycles. The molecule has 3 aromatic rings. The van der Waals surface area contributed by atoms with Crippen molar-refractivity contribution in [1.29, 1.82) is 0 Å². The van der Waals surface area contributed by atoms with Gasteiger partial charge in [-0.3, -0.25) is 19.5 Å². The third-order valence-electron chi connectivity index (χ3n) is 6.73. The number of H-pyrrole nitrogens is 1. The van der Waals surface area contributed by atoms with Gasteiger partial charge in [0.25, 0.3) is 11.5 Å². The molecule has 2 aliphatic heterocycles. The molecule has 0 radical (unpaired) electrons. The van der Waals surface area contributed by atoms with E-state index in [2.05, 4.69) is 35.4 Å². The largest absolute Gasteiger partial charge is 0.368 e.